The average Bonchev–Trinajstić information content (AvgIpc) is 2.75. The SMILES string of the molecule is CC(C)Cn1nccc1NC(=O)c1ccc(F)cc1Cl. The van der Waals surface area contributed by atoms with E-state index in [1.807, 2.05) is 0 Å². The Hall–Kier alpha value is -1.88. The van der Waals surface area contributed by atoms with Gasteiger partial charge in [-0.25, -0.2) is 9.07 Å². The number of halogens is 2. The number of carbonyl (C=O) groups excluding carboxylic acids is 1. The summed E-state index contributed by atoms with van der Waals surface area (Å²) in [5, 5.41) is 6.96. The molecule has 0 aliphatic carbocycles. The molecule has 2 rings (SSSR count). The zero-order valence-electron chi connectivity index (χ0n) is 11.2. The van der Waals surface area contributed by atoms with Crippen LogP contribution in [0.3, 0.4) is 0 Å². The summed E-state index contributed by atoms with van der Waals surface area (Å²) < 4.78 is 14.7. The molecule has 0 radical (unpaired) electrons. The highest BCUT2D eigenvalue weighted by atomic mass is 35.5. The summed E-state index contributed by atoms with van der Waals surface area (Å²) in [4.78, 5) is 12.1. The summed E-state index contributed by atoms with van der Waals surface area (Å²) in [6.07, 6.45) is 1.62. The number of nitrogens with zero attached hydrogens (tertiary/aromatic N) is 2. The standard InChI is InChI=1S/C14H15ClFN3O/c1-9(2)8-19-13(5-6-17-19)18-14(20)11-4-3-10(16)7-12(11)15/h3-7,9H,8H2,1-2H3,(H,18,20). The van der Waals surface area contributed by atoms with Crippen LogP contribution in [0.4, 0.5) is 10.2 Å². The van der Waals surface area contributed by atoms with Gasteiger partial charge in [0, 0.05) is 12.6 Å². The third kappa shape index (κ3) is 3.36. The van der Waals surface area contributed by atoms with Gasteiger partial charge in [-0.3, -0.25) is 4.79 Å². The molecule has 4 nitrogen and oxygen atoms in total. The van der Waals surface area contributed by atoms with Gasteiger partial charge in [0.25, 0.3) is 5.91 Å². The molecule has 0 spiro atoms. The maximum Gasteiger partial charge on any atom is 0.258 e. The van der Waals surface area contributed by atoms with Gasteiger partial charge >= 0.3 is 0 Å². The number of hydrogen-bond donors (Lipinski definition) is 1. The summed E-state index contributed by atoms with van der Waals surface area (Å²) in [6, 6.07) is 5.38. The van der Waals surface area contributed by atoms with Crippen molar-refractivity contribution in [2.45, 2.75) is 20.4 Å². The fourth-order valence-electron chi connectivity index (χ4n) is 1.79. The quantitative estimate of drug-likeness (QED) is 0.937. The number of amides is 1. The fourth-order valence-corrected chi connectivity index (χ4v) is 2.04. The number of benzene rings is 1. The van der Waals surface area contributed by atoms with E-state index in [0.29, 0.717) is 18.3 Å². The van der Waals surface area contributed by atoms with Crippen LogP contribution in [0, 0.1) is 11.7 Å². The van der Waals surface area contributed by atoms with Gasteiger partial charge in [0.2, 0.25) is 0 Å². The third-order valence-electron chi connectivity index (χ3n) is 2.67. The van der Waals surface area contributed by atoms with Crippen LogP contribution in [-0.2, 0) is 6.54 Å². The van der Waals surface area contributed by atoms with Crippen molar-refractivity contribution in [1.82, 2.24) is 9.78 Å². The fraction of sp³-hybridized carbons (Fsp3) is 0.286. The molecule has 2 aromatic rings. The maximum atomic E-state index is 13.0. The summed E-state index contributed by atoms with van der Waals surface area (Å²) in [6.45, 7) is 4.81. The van der Waals surface area contributed by atoms with Crippen LogP contribution in [0.5, 0.6) is 0 Å². The highest BCUT2D eigenvalue weighted by Crippen LogP contribution is 2.19. The smallest absolute Gasteiger partial charge is 0.258 e. The predicted molar refractivity (Wildman–Crippen MR) is 76.4 cm³/mol. The molecule has 0 fully saturated rings. The summed E-state index contributed by atoms with van der Waals surface area (Å²) in [5.74, 6) is 0.126. The minimum Gasteiger partial charge on any atom is -0.307 e. The van der Waals surface area contributed by atoms with Gasteiger partial charge < -0.3 is 5.32 Å². The Morgan fingerprint density at radius 3 is 2.85 bits per heavy atom. The molecule has 0 unspecified atom stereocenters. The molecular weight excluding hydrogens is 281 g/mol. The molecule has 20 heavy (non-hydrogen) atoms. The van der Waals surface area contributed by atoms with Crippen molar-refractivity contribution in [3.05, 3.63) is 46.9 Å². The normalized spacial score (nSPS) is 10.8. The van der Waals surface area contributed by atoms with Crippen molar-refractivity contribution in [2.24, 2.45) is 5.92 Å². The van der Waals surface area contributed by atoms with Crippen molar-refractivity contribution in [3.63, 3.8) is 0 Å². The number of nitrogens with one attached hydrogen (secondary N) is 1. The molecule has 1 heterocycles. The molecule has 106 valence electrons. The zero-order chi connectivity index (χ0) is 14.7. The third-order valence-corrected chi connectivity index (χ3v) is 2.98. The number of hydrogen-bond acceptors (Lipinski definition) is 2. The first-order valence-corrected chi connectivity index (χ1v) is 6.63. The lowest BCUT2D eigenvalue weighted by molar-refractivity contribution is 0.102. The molecule has 0 aliphatic heterocycles. The minimum atomic E-state index is -0.476. The average molecular weight is 296 g/mol. The van der Waals surface area contributed by atoms with Crippen molar-refractivity contribution < 1.29 is 9.18 Å². The topological polar surface area (TPSA) is 46.9 Å². The Bertz CT molecular complexity index is 625. The van der Waals surface area contributed by atoms with Gasteiger partial charge in [0.05, 0.1) is 16.8 Å². The summed E-state index contributed by atoms with van der Waals surface area (Å²) in [7, 11) is 0. The number of rotatable bonds is 4. The second-order valence-electron chi connectivity index (χ2n) is 4.87. The highest BCUT2D eigenvalue weighted by molar-refractivity contribution is 6.34. The molecule has 0 bridgehead atoms. The molecule has 0 saturated heterocycles. The van der Waals surface area contributed by atoms with E-state index < -0.39 is 5.82 Å². The monoisotopic (exact) mass is 295 g/mol. The summed E-state index contributed by atoms with van der Waals surface area (Å²) in [5.41, 5.74) is 0.227. The van der Waals surface area contributed by atoms with Crippen LogP contribution in [0.1, 0.15) is 24.2 Å². The minimum absolute atomic E-state index is 0.0809. The van der Waals surface area contributed by atoms with Crippen LogP contribution in [-0.4, -0.2) is 15.7 Å². The van der Waals surface area contributed by atoms with Crippen molar-refractivity contribution in [1.29, 1.82) is 0 Å². The van der Waals surface area contributed by atoms with Gasteiger partial charge in [0.15, 0.2) is 0 Å². The van der Waals surface area contributed by atoms with E-state index in [2.05, 4.69) is 24.3 Å². The van der Waals surface area contributed by atoms with Crippen LogP contribution < -0.4 is 5.32 Å². The van der Waals surface area contributed by atoms with Crippen molar-refractivity contribution >= 4 is 23.3 Å². The Morgan fingerprint density at radius 1 is 1.45 bits per heavy atom. The van der Waals surface area contributed by atoms with E-state index in [9.17, 15) is 9.18 Å². The van der Waals surface area contributed by atoms with E-state index in [1.54, 1.807) is 16.9 Å². The first-order valence-electron chi connectivity index (χ1n) is 6.25. The Kier molecular flexibility index (Phi) is 4.39. The highest BCUT2D eigenvalue weighted by Gasteiger charge is 2.13. The van der Waals surface area contributed by atoms with E-state index in [4.69, 9.17) is 11.6 Å². The lowest BCUT2D eigenvalue weighted by atomic mass is 10.2. The number of anilines is 1. The molecule has 1 aromatic carbocycles. The van der Waals surface area contributed by atoms with Gasteiger partial charge in [0.1, 0.15) is 11.6 Å². The second-order valence-corrected chi connectivity index (χ2v) is 5.28. The van der Waals surface area contributed by atoms with Crippen molar-refractivity contribution in [3.8, 4) is 0 Å². The second kappa shape index (κ2) is 6.05. The zero-order valence-corrected chi connectivity index (χ0v) is 12.0. The van der Waals surface area contributed by atoms with E-state index in [1.165, 1.54) is 12.1 Å². The largest absolute Gasteiger partial charge is 0.307 e. The molecule has 1 amide bonds. The molecule has 1 N–H and O–H groups in total. The van der Waals surface area contributed by atoms with Crippen molar-refractivity contribution in [2.75, 3.05) is 5.32 Å². The molecule has 6 heteroatoms. The van der Waals surface area contributed by atoms with E-state index in [-0.39, 0.29) is 16.5 Å². The Balaban J connectivity index is 2.17. The molecule has 0 aliphatic rings. The van der Waals surface area contributed by atoms with Crippen LogP contribution in [0.2, 0.25) is 5.02 Å². The lowest BCUT2D eigenvalue weighted by Gasteiger charge is -2.11. The Labute approximate surface area is 121 Å². The van der Waals surface area contributed by atoms with Gasteiger partial charge in [-0.2, -0.15) is 5.10 Å². The molecule has 1 aromatic heterocycles. The first-order chi connectivity index (χ1) is 9.47. The number of aromatic nitrogens is 2. The molecular formula is C14H15ClFN3O. The van der Waals surface area contributed by atoms with Crippen LogP contribution in [0.25, 0.3) is 0 Å². The Morgan fingerprint density at radius 2 is 2.20 bits per heavy atom. The van der Waals surface area contributed by atoms with Crippen LogP contribution >= 0.6 is 11.6 Å². The summed E-state index contributed by atoms with van der Waals surface area (Å²) >= 11 is 5.87. The molecule has 0 atom stereocenters. The maximum absolute atomic E-state index is 13.0. The van der Waals surface area contributed by atoms with E-state index >= 15 is 0 Å². The van der Waals surface area contributed by atoms with Gasteiger partial charge in [-0.1, -0.05) is 25.4 Å². The predicted octanol–water partition coefficient (Wildman–Crippen LogP) is 3.58. The van der Waals surface area contributed by atoms with Gasteiger partial charge in [-0.05, 0) is 24.1 Å². The first kappa shape index (κ1) is 14.5. The molecule has 0 saturated carbocycles. The van der Waals surface area contributed by atoms with Crippen LogP contribution in [0.15, 0.2) is 30.5 Å². The van der Waals surface area contributed by atoms with Gasteiger partial charge in [-0.15, -0.1) is 0 Å². The lowest BCUT2D eigenvalue weighted by Crippen LogP contribution is -2.17. The van der Waals surface area contributed by atoms with E-state index in [0.717, 1.165) is 6.07 Å². The number of carbonyl (C=O) groups is 1.